The van der Waals surface area contributed by atoms with Gasteiger partial charge in [0.2, 0.25) is 0 Å². The molecule has 2 aliphatic heterocycles. The van der Waals surface area contributed by atoms with Gasteiger partial charge in [0.05, 0.1) is 41.9 Å². The number of aliphatic hydroxyl groups is 2. The zero-order chi connectivity index (χ0) is 52.5. The van der Waals surface area contributed by atoms with Crippen LogP contribution in [0.3, 0.4) is 0 Å². The predicted octanol–water partition coefficient (Wildman–Crippen LogP) is 8.11. The number of carbonyl (C=O) groups excluding carboxylic acids is 2. The van der Waals surface area contributed by atoms with Crippen LogP contribution in [0, 0.1) is 0 Å². The number of aryl methyl sites for hydroxylation is 1. The highest BCUT2D eigenvalue weighted by molar-refractivity contribution is 7.52. The molecule has 73 heavy (non-hydrogen) atoms. The van der Waals surface area contributed by atoms with Gasteiger partial charge in [-0.05, 0) is 91.0 Å². The molecule has 4 aromatic carbocycles. The number of esters is 2. The van der Waals surface area contributed by atoms with E-state index >= 15 is 0 Å². The van der Waals surface area contributed by atoms with Crippen molar-refractivity contribution in [2.24, 2.45) is 0 Å². The van der Waals surface area contributed by atoms with E-state index in [1.165, 1.54) is 19.1 Å². The number of fused-ring (bicyclic) bond motifs is 2. The lowest BCUT2D eigenvalue weighted by Crippen LogP contribution is -2.40. The van der Waals surface area contributed by atoms with Gasteiger partial charge >= 0.3 is 19.7 Å². The monoisotopic (exact) mass is 1060 g/mol. The number of ether oxygens (including phenoxy) is 2. The molecule has 0 aliphatic carbocycles. The number of β-amino-alcohol motifs (C(OH)–C–C–N with tert-alkyl or cyclic N) is 2. The van der Waals surface area contributed by atoms with Gasteiger partial charge in [0.15, 0.2) is 10.9 Å². The number of benzene rings is 4. The summed E-state index contributed by atoms with van der Waals surface area (Å²) in [6.07, 6.45) is -1.58. The Hall–Kier alpha value is -5.79. The maximum Gasteiger partial charge on any atom is 0.459 e. The molecule has 8 rings (SSSR count). The first-order valence-corrected chi connectivity index (χ1v) is 26.1. The Morgan fingerprint density at radius 3 is 1.90 bits per heavy atom. The molecule has 388 valence electrons. The van der Waals surface area contributed by atoms with Crippen molar-refractivity contribution in [1.82, 2.24) is 14.9 Å². The zero-order valence-corrected chi connectivity index (χ0v) is 43.1. The van der Waals surface area contributed by atoms with E-state index in [4.69, 9.17) is 50.6 Å². The number of carbonyl (C=O) groups is 2. The van der Waals surface area contributed by atoms with Crippen LogP contribution < -0.4 is 25.2 Å². The van der Waals surface area contributed by atoms with Gasteiger partial charge in [-0.1, -0.05) is 47.5 Å². The quantitative estimate of drug-likeness (QED) is 0.0349. The summed E-state index contributed by atoms with van der Waals surface area (Å²) in [6, 6.07) is 15.1. The summed E-state index contributed by atoms with van der Waals surface area (Å²) in [5, 5.41) is 48.2. The number of rotatable bonds is 16. The van der Waals surface area contributed by atoms with E-state index in [0.717, 1.165) is 12.1 Å². The summed E-state index contributed by atoms with van der Waals surface area (Å²) in [4.78, 5) is 58.1. The molecule has 0 bridgehead atoms. The van der Waals surface area contributed by atoms with Gasteiger partial charge in [-0.15, -0.1) is 0 Å². The molecule has 2 saturated heterocycles. The summed E-state index contributed by atoms with van der Waals surface area (Å²) in [6.45, 7) is 6.05. The number of hydrogen-bond acceptors (Lipinski definition) is 17. The molecule has 18 nitrogen and oxygen atoms in total. The number of phenols is 2. The van der Waals surface area contributed by atoms with Crippen LogP contribution in [0.2, 0.25) is 10.0 Å². The van der Waals surface area contributed by atoms with Crippen molar-refractivity contribution in [1.29, 1.82) is 0 Å². The lowest BCUT2D eigenvalue weighted by Gasteiger charge is -2.35. The van der Waals surface area contributed by atoms with E-state index in [1.54, 1.807) is 56.3 Å². The van der Waals surface area contributed by atoms with E-state index < -0.39 is 72.1 Å². The first-order chi connectivity index (χ1) is 34.8. The van der Waals surface area contributed by atoms with Gasteiger partial charge in [0.25, 0.3) is 0 Å². The molecule has 6 atom stereocenters. The van der Waals surface area contributed by atoms with Crippen molar-refractivity contribution in [2.75, 3.05) is 53.5 Å². The lowest BCUT2D eigenvalue weighted by atomic mass is 9.85. The third-order valence-electron chi connectivity index (χ3n) is 13.1. The second-order valence-corrected chi connectivity index (χ2v) is 20.7. The average Bonchev–Trinajstić information content (AvgIpc) is 3.32. The Balaban J connectivity index is 1.15. The van der Waals surface area contributed by atoms with Crippen molar-refractivity contribution < 1.29 is 61.9 Å². The number of halogens is 2. The first-order valence-electron chi connectivity index (χ1n) is 23.8. The second kappa shape index (κ2) is 22.4. The molecule has 0 radical (unpaired) electrons. The number of phenolic OH excluding ortho intramolecular Hbond substituents is 2. The Labute approximate surface area is 429 Å². The fourth-order valence-corrected chi connectivity index (χ4v) is 11.6. The van der Waals surface area contributed by atoms with E-state index in [9.17, 15) is 44.2 Å². The van der Waals surface area contributed by atoms with Crippen molar-refractivity contribution in [3.8, 4) is 45.6 Å². The van der Waals surface area contributed by atoms with Crippen LogP contribution >= 0.6 is 30.9 Å². The molecule has 0 spiro atoms. The molecule has 2 fully saturated rings. The highest BCUT2D eigenvalue weighted by Crippen LogP contribution is 2.52. The highest BCUT2D eigenvalue weighted by atomic mass is 35.5. The van der Waals surface area contributed by atoms with Crippen LogP contribution in [0.25, 0.3) is 44.6 Å². The van der Waals surface area contributed by atoms with Crippen molar-refractivity contribution in [2.45, 2.75) is 76.5 Å². The fourth-order valence-electron chi connectivity index (χ4n) is 9.59. The van der Waals surface area contributed by atoms with Crippen LogP contribution in [-0.4, -0.2) is 114 Å². The maximum atomic E-state index is 14.3. The molecule has 2 aromatic heterocycles. The van der Waals surface area contributed by atoms with E-state index in [1.807, 2.05) is 23.9 Å². The Morgan fingerprint density at radius 2 is 1.34 bits per heavy atom. The summed E-state index contributed by atoms with van der Waals surface area (Å²) in [5.41, 5.74) is -0.0896. The normalized spacial score (nSPS) is 19.9. The molecular weight excluding hydrogens is 1010 g/mol. The third-order valence-corrected chi connectivity index (χ3v) is 15.6. The number of aromatic hydroxyl groups is 2. The fraction of sp³-hybridized carbons (Fsp3) is 0.385. The topological polar surface area (TPSA) is 248 Å². The summed E-state index contributed by atoms with van der Waals surface area (Å²) in [7, 11) is -0.759. The standard InChI is InChI=1S/C52H56Cl2N3O15P/c1-6-67-52(65)27(3)55-73(66,68-7-2)72-43-24-37(61)48-35(59)22-41(71-51(48)46(43)31-18-20-57(5)26-39(31)63)32-13-10-11-28(49(32)54)15-16-44(64)69-42-23-36(60)47-34(58)21-40(29-12-8-9-14-33(29)53)70-50(47)45(42)30-17-19-56(4)25-38(30)62/h8-14,21-24,27,30-31,38-39,60-63H,6-7,15-20,25-26H2,1-5H3,(H,55,66)/t27-,30-,31-,38+,39+,73?/m0/s1. The zero-order valence-electron chi connectivity index (χ0n) is 40.7. The van der Waals surface area contributed by atoms with Gasteiger partial charge in [-0.2, -0.15) is 5.09 Å². The average molecular weight is 1060 g/mol. The maximum absolute atomic E-state index is 14.3. The van der Waals surface area contributed by atoms with Crippen LogP contribution in [-0.2, 0) is 29.8 Å². The Bertz CT molecular complexity index is 3260. The van der Waals surface area contributed by atoms with Crippen LogP contribution in [0.1, 0.15) is 68.6 Å². The van der Waals surface area contributed by atoms with Crippen LogP contribution in [0.15, 0.2) is 85.2 Å². The highest BCUT2D eigenvalue weighted by Gasteiger charge is 2.39. The minimum absolute atomic E-state index is 0.00342. The third kappa shape index (κ3) is 11.3. The molecule has 2 aliphatic rings. The number of nitrogens with one attached hydrogen (secondary N) is 1. The largest absolute Gasteiger partial charge is 0.507 e. The van der Waals surface area contributed by atoms with Crippen molar-refractivity contribution in [3.05, 3.63) is 114 Å². The smallest absolute Gasteiger partial charge is 0.459 e. The number of piperidine rings is 2. The molecule has 4 heterocycles. The summed E-state index contributed by atoms with van der Waals surface area (Å²) in [5.74, 6) is -4.34. The number of hydrogen-bond donors (Lipinski definition) is 5. The van der Waals surface area contributed by atoms with Gasteiger partial charge in [0, 0.05) is 71.4 Å². The van der Waals surface area contributed by atoms with Gasteiger partial charge < -0.3 is 53.1 Å². The second-order valence-electron chi connectivity index (χ2n) is 18.3. The van der Waals surface area contributed by atoms with Crippen LogP contribution in [0.4, 0.5) is 0 Å². The number of likely N-dealkylation sites (tertiary alicyclic amines) is 2. The molecule has 5 N–H and O–H groups in total. The summed E-state index contributed by atoms with van der Waals surface area (Å²) < 4.78 is 49.9. The molecule has 0 amide bonds. The molecule has 6 aromatic rings. The number of likely N-dealkylation sites (N-methyl/N-ethyl adjacent to an activating group) is 2. The Kier molecular flexibility index (Phi) is 16.4. The minimum atomic E-state index is -4.44. The van der Waals surface area contributed by atoms with E-state index in [-0.39, 0.29) is 106 Å². The van der Waals surface area contributed by atoms with E-state index in [2.05, 4.69) is 5.09 Å². The van der Waals surface area contributed by atoms with Crippen molar-refractivity contribution >= 4 is 64.8 Å². The summed E-state index contributed by atoms with van der Waals surface area (Å²) >= 11 is 13.6. The number of aliphatic hydroxyl groups excluding tert-OH is 2. The van der Waals surface area contributed by atoms with Crippen LogP contribution in [0.5, 0.6) is 23.0 Å². The lowest BCUT2D eigenvalue weighted by molar-refractivity contribution is -0.144. The van der Waals surface area contributed by atoms with Gasteiger partial charge in [-0.25, -0.2) is 4.57 Å². The minimum Gasteiger partial charge on any atom is -0.507 e. The molecule has 1 unspecified atom stereocenters. The van der Waals surface area contributed by atoms with Gasteiger partial charge in [0.1, 0.15) is 62.5 Å². The van der Waals surface area contributed by atoms with Gasteiger partial charge in [-0.3, -0.25) is 23.7 Å². The molecule has 0 saturated carbocycles. The Morgan fingerprint density at radius 1 is 0.795 bits per heavy atom. The molecular formula is C52H56Cl2N3O15P. The SMILES string of the molecule is CCOC(=O)[C@H](C)NP(=O)(OCC)Oc1cc(O)c2c(=O)cc(-c3cccc(CCC(=O)Oc4cc(O)c5c(=O)cc(-c6ccccc6Cl)oc5c4[C@H]4CCN(C)C[C@H]4O)c3Cl)oc2c1[C@H]1CCN(C)C[C@H]1O. The van der Waals surface area contributed by atoms with E-state index in [0.29, 0.717) is 42.1 Å². The molecule has 21 heteroatoms. The number of nitrogens with zero attached hydrogens (tertiary/aromatic N) is 2. The van der Waals surface area contributed by atoms with Crippen molar-refractivity contribution in [3.63, 3.8) is 0 Å². The predicted molar refractivity (Wildman–Crippen MR) is 274 cm³/mol. The first kappa shape index (κ1) is 53.5.